The van der Waals surface area contributed by atoms with E-state index in [4.69, 9.17) is 16.3 Å². The molecule has 0 aromatic heterocycles. The van der Waals surface area contributed by atoms with E-state index in [-0.39, 0.29) is 18.3 Å². The van der Waals surface area contributed by atoms with Crippen molar-refractivity contribution < 1.29 is 14.9 Å². The van der Waals surface area contributed by atoms with Crippen LogP contribution in [0.2, 0.25) is 5.02 Å². The molecule has 0 aliphatic heterocycles. The minimum Gasteiger partial charge on any atom is -0.508 e. The van der Waals surface area contributed by atoms with Crippen LogP contribution in [0, 0.1) is 0 Å². The summed E-state index contributed by atoms with van der Waals surface area (Å²) in [6, 6.07) is 13.9. The molecule has 2 rings (SSSR count). The molecule has 2 aromatic rings. The van der Waals surface area contributed by atoms with Crippen LogP contribution in [0.4, 0.5) is 0 Å². The molecule has 0 saturated carbocycles. The Bertz CT molecular complexity index is 542. The summed E-state index contributed by atoms with van der Waals surface area (Å²) >= 11 is 5.87. The monoisotopic (exact) mass is 278 g/mol. The van der Waals surface area contributed by atoms with Gasteiger partial charge in [0.25, 0.3) is 0 Å². The second kappa shape index (κ2) is 6.45. The highest BCUT2D eigenvalue weighted by molar-refractivity contribution is 6.30. The van der Waals surface area contributed by atoms with Gasteiger partial charge in [-0.3, -0.25) is 0 Å². The first-order valence-electron chi connectivity index (χ1n) is 5.97. The van der Waals surface area contributed by atoms with E-state index in [1.54, 1.807) is 36.4 Å². The normalized spacial score (nSPS) is 12.1. The molecular formula is C15H15ClO3. The number of benzene rings is 2. The van der Waals surface area contributed by atoms with Crippen molar-refractivity contribution in [2.24, 2.45) is 0 Å². The molecule has 1 unspecified atom stereocenters. The summed E-state index contributed by atoms with van der Waals surface area (Å²) in [5.74, 6) is 0.649. The van der Waals surface area contributed by atoms with Gasteiger partial charge in [-0.05, 0) is 35.9 Å². The Balaban J connectivity index is 2.04. The SMILES string of the molecule is OCC(COc1cccc(Cl)c1)c1cccc(O)c1. The zero-order valence-electron chi connectivity index (χ0n) is 10.3. The highest BCUT2D eigenvalue weighted by Crippen LogP contribution is 2.22. The van der Waals surface area contributed by atoms with Crippen molar-refractivity contribution >= 4 is 11.6 Å². The zero-order valence-corrected chi connectivity index (χ0v) is 11.0. The van der Waals surface area contributed by atoms with E-state index in [0.29, 0.717) is 17.4 Å². The van der Waals surface area contributed by atoms with E-state index in [0.717, 1.165) is 5.56 Å². The minimum absolute atomic E-state index is 0.0516. The fourth-order valence-corrected chi connectivity index (χ4v) is 1.97. The van der Waals surface area contributed by atoms with Gasteiger partial charge in [-0.15, -0.1) is 0 Å². The van der Waals surface area contributed by atoms with Gasteiger partial charge in [-0.1, -0.05) is 29.8 Å². The third-order valence-electron chi connectivity index (χ3n) is 2.81. The summed E-state index contributed by atoms with van der Waals surface area (Å²) < 4.78 is 5.61. The van der Waals surface area contributed by atoms with Gasteiger partial charge in [0.2, 0.25) is 0 Å². The summed E-state index contributed by atoms with van der Waals surface area (Å²) in [5, 5.41) is 19.5. The average molecular weight is 279 g/mol. The maximum Gasteiger partial charge on any atom is 0.120 e. The van der Waals surface area contributed by atoms with Gasteiger partial charge < -0.3 is 14.9 Å². The molecule has 100 valence electrons. The van der Waals surface area contributed by atoms with Crippen LogP contribution in [-0.2, 0) is 0 Å². The van der Waals surface area contributed by atoms with Crippen LogP contribution in [0.15, 0.2) is 48.5 Å². The van der Waals surface area contributed by atoms with Crippen molar-refractivity contribution in [2.75, 3.05) is 13.2 Å². The third kappa shape index (κ3) is 3.88. The predicted molar refractivity (Wildman–Crippen MR) is 74.9 cm³/mol. The maximum atomic E-state index is 9.44. The van der Waals surface area contributed by atoms with Gasteiger partial charge in [-0.2, -0.15) is 0 Å². The van der Waals surface area contributed by atoms with Gasteiger partial charge in [0.05, 0.1) is 13.2 Å². The molecular weight excluding hydrogens is 264 g/mol. The zero-order chi connectivity index (χ0) is 13.7. The second-order valence-corrected chi connectivity index (χ2v) is 4.68. The summed E-state index contributed by atoms with van der Waals surface area (Å²) in [6.07, 6.45) is 0. The van der Waals surface area contributed by atoms with Crippen molar-refractivity contribution in [2.45, 2.75) is 5.92 Å². The molecule has 3 nitrogen and oxygen atoms in total. The standard InChI is InChI=1S/C15H15ClO3/c16-13-4-2-6-15(8-13)19-10-12(9-17)11-3-1-5-14(18)7-11/h1-8,12,17-18H,9-10H2. The Morgan fingerprint density at radius 3 is 2.58 bits per heavy atom. The van der Waals surface area contributed by atoms with Gasteiger partial charge in [0.1, 0.15) is 11.5 Å². The second-order valence-electron chi connectivity index (χ2n) is 4.24. The van der Waals surface area contributed by atoms with E-state index in [2.05, 4.69) is 0 Å². The molecule has 19 heavy (non-hydrogen) atoms. The van der Waals surface area contributed by atoms with Crippen molar-refractivity contribution in [3.8, 4) is 11.5 Å². The number of aliphatic hydroxyl groups excluding tert-OH is 1. The van der Waals surface area contributed by atoms with Crippen LogP contribution in [0.25, 0.3) is 0 Å². The number of ether oxygens (including phenoxy) is 1. The lowest BCUT2D eigenvalue weighted by molar-refractivity contribution is 0.205. The number of aliphatic hydroxyl groups is 1. The molecule has 0 fully saturated rings. The highest BCUT2D eigenvalue weighted by atomic mass is 35.5. The van der Waals surface area contributed by atoms with Crippen molar-refractivity contribution in [3.63, 3.8) is 0 Å². The van der Waals surface area contributed by atoms with Crippen LogP contribution in [0.1, 0.15) is 11.5 Å². The van der Waals surface area contributed by atoms with E-state index < -0.39 is 0 Å². The lowest BCUT2D eigenvalue weighted by atomic mass is 10.0. The summed E-state index contributed by atoms with van der Waals surface area (Å²) in [4.78, 5) is 0. The number of phenols is 1. The number of phenolic OH excluding ortho intramolecular Hbond substituents is 1. The first-order chi connectivity index (χ1) is 9.19. The van der Waals surface area contributed by atoms with Gasteiger partial charge >= 0.3 is 0 Å². The Morgan fingerprint density at radius 1 is 1.11 bits per heavy atom. The minimum atomic E-state index is -0.189. The molecule has 0 radical (unpaired) electrons. The molecule has 2 N–H and O–H groups in total. The van der Waals surface area contributed by atoms with E-state index in [1.165, 1.54) is 0 Å². The number of aromatic hydroxyl groups is 1. The van der Waals surface area contributed by atoms with Crippen LogP contribution < -0.4 is 4.74 Å². The quantitative estimate of drug-likeness (QED) is 0.883. The van der Waals surface area contributed by atoms with Crippen molar-refractivity contribution in [1.29, 1.82) is 0 Å². The Morgan fingerprint density at radius 2 is 1.89 bits per heavy atom. The van der Waals surface area contributed by atoms with E-state index in [1.807, 2.05) is 12.1 Å². The lowest BCUT2D eigenvalue weighted by Gasteiger charge is -2.16. The molecule has 0 bridgehead atoms. The lowest BCUT2D eigenvalue weighted by Crippen LogP contribution is -2.14. The van der Waals surface area contributed by atoms with Gasteiger partial charge in [0, 0.05) is 10.9 Å². The summed E-state index contributed by atoms with van der Waals surface area (Å²) in [5.41, 5.74) is 0.838. The molecule has 0 aliphatic carbocycles. The van der Waals surface area contributed by atoms with Crippen LogP contribution >= 0.6 is 11.6 Å². The van der Waals surface area contributed by atoms with E-state index in [9.17, 15) is 10.2 Å². The van der Waals surface area contributed by atoms with Crippen LogP contribution in [-0.4, -0.2) is 23.4 Å². The first-order valence-corrected chi connectivity index (χ1v) is 6.35. The van der Waals surface area contributed by atoms with E-state index >= 15 is 0 Å². The largest absolute Gasteiger partial charge is 0.508 e. The number of hydrogen-bond acceptors (Lipinski definition) is 3. The smallest absolute Gasteiger partial charge is 0.120 e. The molecule has 2 aromatic carbocycles. The maximum absolute atomic E-state index is 9.44. The highest BCUT2D eigenvalue weighted by Gasteiger charge is 2.12. The molecule has 0 heterocycles. The summed E-state index contributed by atoms with van der Waals surface area (Å²) in [6.45, 7) is 0.268. The number of rotatable bonds is 5. The Kier molecular flexibility index (Phi) is 4.66. The Hall–Kier alpha value is -1.71. The molecule has 0 aliphatic rings. The Labute approximate surface area is 117 Å². The predicted octanol–water partition coefficient (Wildman–Crippen LogP) is 3.20. The van der Waals surface area contributed by atoms with Crippen molar-refractivity contribution in [1.82, 2.24) is 0 Å². The topological polar surface area (TPSA) is 49.7 Å². The van der Waals surface area contributed by atoms with Crippen LogP contribution in [0.3, 0.4) is 0 Å². The average Bonchev–Trinajstić information content (AvgIpc) is 2.40. The molecule has 0 amide bonds. The fourth-order valence-electron chi connectivity index (χ4n) is 1.79. The number of halogens is 1. The van der Waals surface area contributed by atoms with Gasteiger partial charge in [-0.25, -0.2) is 0 Å². The van der Waals surface area contributed by atoms with Gasteiger partial charge in [0.15, 0.2) is 0 Å². The third-order valence-corrected chi connectivity index (χ3v) is 3.04. The molecule has 1 atom stereocenters. The fraction of sp³-hybridized carbons (Fsp3) is 0.200. The van der Waals surface area contributed by atoms with Crippen LogP contribution in [0.5, 0.6) is 11.5 Å². The molecule has 4 heteroatoms. The number of hydrogen-bond donors (Lipinski definition) is 2. The summed E-state index contributed by atoms with van der Waals surface area (Å²) in [7, 11) is 0. The van der Waals surface area contributed by atoms with Crippen molar-refractivity contribution in [3.05, 3.63) is 59.1 Å². The molecule has 0 spiro atoms. The molecule has 0 saturated heterocycles. The first kappa shape index (κ1) is 13.7.